The zero-order valence-electron chi connectivity index (χ0n) is 34.7. The summed E-state index contributed by atoms with van der Waals surface area (Å²) in [6.45, 7) is 13.7. The van der Waals surface area contributed by atoms with Gasteiger partial charge in [-0.1, -0.05) is 187 Å². The van der Waals surface area contributed by atoms with E-state index in [-0.39, 0.29) is 10.8 Å². The van der Waals surface area contributed by atoms with Gasteiger partial charge < -0.3 is 4.74 Å². The second-order valence-electron chi connectivity index (χ2n) is 18.2. The molecule has 0 aromatic heterocycles. The fourth-order valence-corrected chi connectivity index (χ4v) is 8.83. The summed E-state index contributed by atoms with van der Waals surface area (Å²) < 4.78 is 6.91. The van der Waals surface area contributed by atoms with Gasteiger partial charge in [0.2, 0.25) is 0 Å². The highest BCUT2D eigenvalue weighted by atomic mass is 16.5. The lowest BCUT2D eigenvalue weighted by Gasteiger charge is -2.24. The highest BCUT2D eigenvalue weighted by Gasteiger charge is 2.24. The molecule has 0 unspecified atom stereocenters. The van der Waals surface area contributed by atoms with Crippen LogP contribution in [0.4, 0.5) is 0 Å². The van der Waals surface area contributed by atoms with E-state index in [0.717, 1.165) is 28.2 Å². The van der Waals surface area contributed by atoms with Gasteiger partial charge in [-0.05, 0) is 130 Å². The van der Waals surface area contributed by atoms with Crippen molar-refractivity contribution < 1.29 is 4.74 Å². The zero-order chi connectivity index (χ0) is 40.5. The molecule has 0 bridgehead atoms. The first-order valence-electron chi connectivity index (χ1n) is 20.8. The maximum absolute atomic E-state index is 6.91. The molecule has 0 radical (unpaired) electrons. The molecule has 0 spiro atoms. The van der Waals surface area contributed by atoms with Crippen molar-refractivity contribution in [3.63, 3.8) is 0 Å². The van der Waals surface area contributed by atoms with Gasteiger partial charge in [-0.25, -0.2) is 0 Å². The normalized spacial score (nSPS) is 12.4. The Kier molecular flexibility index (Phi) is 8.69. The minimum atomic E-state index is 0.0545. The van der Waals surface area contributed by atoms with E-state index in [1.54, 1.807) is 0 Å². The molecule has 1 heteroatoms. The van der Waals surface area contributed by atoms with Crippen LogP contribution in [0.2, 0.25) is 0 Å². The van der Waals surface area contributed by atoms with Crippen LogP contribution in [-0.4, -0.2) is 0 Å². The van der Waals surface area contributed by atoms with Gasteiger partial charge in [-0.15, -0.1) is 0 Å². The maximum atomic E-state index is 6.91. The summed E-state index contributed by atoms with van der Waals surface area (Å²) in [5.41, 5.74) is 17.0. The Bertz CT molecular complexity index is 3020. The van der Waals surface area contributed by atoms with E-state index in [1.807, 2.05) is 0 Å². The molecular formula is C58H48O. The summed E-state index contributed by atoms with van der Waals surface area (Å²) in [6.07, 6.45) is 0. The Hall–Kier alpha value is -6.70. The van der Waals surface area contributed by atoms with Crippen molar-refractivity contribution in [1.29, 1.82) is 0 Å². The second-order valence-corrected chi connectivity index (χ2v) is 18.2. The van der Waals surface area contributed by atoms with Crippen molar-refractivity contribution in [2.24, 2.45) is 0 Å². The average Bonchev–Trinajstić information content (AvgIpc) is 3.26. The average molecular weight is 761 g/mol. The van der Waals surface area contributed by atoms with Gasteiger partial charge in [0.05, 0.1) is 0 Å². The number of rotatable bonds is 5. The topological polar surface area (TPSA) is 9.23 Å². The number of hydrogen-bond donors (Lipinski definition) is 0. The third kappa shape index (κ3) is 6.71. The predicted octanol–water partition coefficient (Wildman–Crippen LogP) is 16.7. The molecule has 1 aliphatic rings. The van der Waals surface area contributed by atoms with E-state index in [2.05, 4.69) is 224 Å². The lowest BCUT2D eigenvalue weighted by molar-refractivity contribution is 0.489. The van der Waals surface area contributed by atoms with Crippen molar-refractivity contribution in [1.82, 2.24) is 0 Å². The first-order valence-corrected chi connectivity index (χ1v) is 20.8. The lowest BCUT2D eigenvalue weighted by Crippen LogP contribution is -2.10. The molecule has 0 aliphatic carbocycles. The van der Waals surface area contributed by atoms with Gasteiger partial charge in [0.15, 0.2) is 0 Å². The Morgan fingerprint density at radius 1 is 0.322 bits per heavy atom. The molecule has 0 N–H and O–H groups in total. The number of para-hydroxylation sites is 1. The fourth-order valence-electron chi connectivity index (χ4n) is 8.83. The number of benzene rings is 9. The quantitative estimate of drug-likeness (QED) is 0.159. The Morgan fingerprint density at radius 3 is 1.36 bits per heavy atom. The van der Waals surface area contributed by atoms with Crippen LogP contribution in [0.1, 0.15) is 52.7 Å². The van der Waals surface area contributed by atoms with E-state index >= 15 is 0 Å². The molecule has 1 heterocycles. The van der Waals surface area contributed by atoms with Crippen LogP contribution < -0.4 is 4.74 Å². The zero-order valence-corrected chi connectivity index (χ0v) is 34.7. The Morgan fingerprint density at radius 2 is 0.746 bits per heavy atom. The van der Waals surface area contributed by atoms with Gasteiger partial charge in [-0.2, -0.15) is 0 Å². The Balaban J connectivity index is 1.06. The maximum Gasteiger partial charge on any atom is 0.143 e. The van der Waals surface area contributed by atoms with E-state index in [9.17, 15) is 0 Å². The minimum Gasteiger partial charge on any atom is -0.455 e. The number of hydrogen-bond acceptors (Lipinski definition) is 1. The molecule has 0 saturated carbocycles. The molecule has 0 amide bonds. The first-order chi connectivity index (χ1) is 28.5. The van der Waals surface area contributed by atoms with Crippen LogP contribution in [0, 0.1) is 0 Å². The highest BCUT2D eigenvalue weighted by molar-refractivity contribution is 6.16. The number of ether oxygens (including phenoxy) is 1. The summed E-state index contributed by atoms with van der Waals surface area (Å²) >= 11 is 0. The van der Waals surface area contributed by atoms with Crippen LogP contribution in [-0.2, 0) is 10.8 Å². The van der Waals surface area contributed by atoms with Crippen LogP contribution in [0.15, 0.2) is 182 Å². The standard InChI is InChI=1S/C58H48O/c1-57(2,3)47-22-11-19-40(34-47)45-31-44(32-46(33-45)41-20-12-23-48(35-41)58(4,5)6)39-18-9-16-37(29-39)38-17-10-21-42(30-38)50-25-13-28-53-52-27-14-26-51-49-24-8-7-15-43(49)36-54(55(51)52)59-56(50)53/h7-36H,1-6H3. The molecule has 1 nitrogen and oxygen atoms in total. The van der Waals surface area contributed by atoms with Gasteiger partial charge in [0.1, 0.15) is 11.5 Å². The molecule has 9 aromatic carbocycles. The van der Waals surface area contributed by atoms with Crippen molar-refractivity contribution in [3.05, 3.63) is 193 Å². The van der Waals surface area contributed by atoms with Crippen LogP contribution in [0.3, 0.4) is 0 Å². The summed E-state index contributed by atoms with van der Waals surface area (Å²) in [5.74, 6) is 1.82. The SMILES string of the molecule is CC(C)(C)c1cccc(-c2cc(-c3cccc(-c4cccc(-c5cccc6c5Oc5cc7ccccc7c7cccc-6c57)c4)c3)cc(-c3cccc(C(C)(C)C)c3)c2)c1. The monoisotopic (exact) mass is 760 g/mol. The minimum absolute atomic E-state index is 0.0545. The van der Waals surface area contributed by atoms with Crippen LogP contribution >= 0.6 is 0 Å². The van der Waals surface area contributed by atoms with Crippen molar-refractivity contribution in [2.75, 3.05) is 0 Å². The van der Waals surface area contributed by atoms with Gasteiger partial charge >= 0.3 is 0 Å². The molecule has 286 valence electrons. The van der Waals surface area contributed by atoms with Crippen LogP contribution in [0.5, 0.6) is 11.5 Å². The predicted molar refractivity (Wildman–Crippen MR) is 252 cm³/mol. The third-order valence-electron chi connectivity index (χ3n) is 12.1. The van der Waals surface area contributed by atoms with E-state index in [4.69, 9.17) is 4.74 Å². The highest BCUT2D eigenvalue weighted by Crippen LogP contribution is 2.52. The molecule has 0 fully saturated rings. The van der Waals surface area contributed by atoms with E-state index in [1.165, 1.54) is 82.7 Å². The second kappa shape index (κ2) is 14.0. The molecule has 59 heavy (non-hydrogen) atoms. The van der Waals surface area contributed by atoms with Gasteiger partial charge in [0, 0.05) is 16.5 Å². The summed E-state index contributed by atoms with van der Waals surface area (Å²) in [5, 5.41) is 4.84. The van der Waals surface area contributed by atoms with Crippen molar-refractivity contribution in [3.8, 4) is 78.3 Å². The molecule has 0 saturated heterocycles. The Labute approximate surface area is 348 Å². The molecule has 0 atom stereocenters. The van der Waals surface area contributed by atoms with Gasteiger partial charge in [-0.3, -0.25) is 0 Å². The third-order valence-corrected chi connectivity index (χ3v) is 12.1. The molecular weight excluding hydrogens is 713 g/mol. The summed E-state index contributed by atoms with van der Waals surface area (Å²) in [6, 6.07) is 67.1. The number of fused-ring (bicyclic) bond motifs is 4. The smallest absolute Gasteiger partial charge is 0.143 e. The van der Waals surface area contributed by atoms with E-state index < -0.39 is 0 Å². The van der Waals surface area contributed by atoms with Crippen LogP contribution in [0.25, 0.3) is 88.3 Å². The molecule has 10 rings (SSSR count). The molecule has 1 aliphatic heterocycles. The largest absolute Gasteiger partial charge is 0.455 e. The first kappa shape index (κ1) is 36.6. The molecule has 9 aromatic rings. The van der Waals surface area contributed by atoms with Crippen molar-refractivity contribution in [2.45, 2.75) is 52.4 Å². The lowest BCUT2D eigenvalue weighted by atomic mass is 9.84. The summed E-state index contributed by atoms with van der Waals surface area (Å²) in [7, 11) is 0. The van der Waals surface area contributed by atoms with E-state index in [0.29, 0.717) is 0 Å². The van der Waals surface area contributed by atoms with Crippen molar-refractivity contribution >= 4 is 21.5 Å². The van der Waals surface area contributed by atoms with Gasteiger partial charge in [0.25, 0.3) is 0 Å². The fraction of sp³-hybridized carbons (Fsp3) is 0.138. The summed E-state index contributed by atoms with van der Waals surface area (Å²) in [4.78, 5) is 0.